The summed E-state index contributed by atoms with van der Waals surface area (Å²) in [4.78, 5) is 33.1. The highest BCUT2D eigenvalue weighted by Crippen LogP contribution is 2.41. The molecule has 0 radical (unpaired) electrons. The number of carbonyl (C=O) groups is 2. The van der Waals surface area contributed by atoms with Crippen LogP contribution in [0.2, 0.25) is 0 Å². The molecule has 5 heteroatoms. The molecule has 38 heavy (non-hydrogen) atoms. The van der Waals surface area contributed by atoms with Crippen molar-refractivity contribution in [3.63, 3.8) is 0 Å². The molecule has 3 aromatic carbocycles. The Kier molecular flexibility index (Phi) is 6.75. The molecule has 0 bridgehead atoms. The Morgan fingerprint density at radius 2 is 1.50 bits per heavy atom. The minimum absolute atomic E-state index is 0.0279. The molecule has 2 heterocycles. The molecule has 3 fully saturated rings. The van der Waals surface area contributed by atoms with Crippen LogP contribution in [0.25, 0.3) is 0 Å². The maximum absolute atomic E-state index is 14.0. The number of hydrogen-bond acceptors (Lipinski definition) is 3. The van der Waals surface area contributed by atoms with Crippen molar-refractivity contribution in [2.75, 3.05) is 24.7 Å². The lowest BCUT2D eigenvalue weighted by molar-refractivity contribution is -0.136. The summed E-state index contributed by atoms with van der Waals surface area (Å²) < 4.78 is 0. The van der Waals surface area contributed by atoms with E-state index in [0.717, 1.165) is 18.0 Å². The number of rotatable bonds is 7. The van der Waals surface area contributed by atoms with Crippen LogP contribution in [0.15, 0.2) is 97.1 Å². The zero-order valence-corrected chi connectivity index (χ0v) is 21.8. The third-order valence-electron chi connectivity index (χ3n) is 8.34. The first kappa shape index (κ1) is 24.5. The highest BCUT2D eigenvalue weighted by Gasteiger charge is 2.53. The number of amides is 2. The topological polar surface area (TPSA) is 43.9 Å². The average Bonchev–Trinajstić information content (AvgIpc) is 3.78. The second-order valence-corrected chi connectivity index (χ2v) is 10.9. The van der Waals surface area contributed by atoms with Gasteiger partial charge in [-0.2, -0.15) is 0 Å². The number of piperidine rings is 1. The van der Waals surface area contributed by atoms with E-state index in [-0.39, 0.29) is 11.8 Å². The van der Waals surface area contributed by atoms with Crippen molar-refractivity contribution < 1.29 is 9.59 Å². The Hall–Kier alpha value is -3.86. The quantitative estimate of drug-likeness (QED) is 0.397. The van der Waals surface area contributed by atoms with E-state index in [1.807, 2.05) is 52.3 Å². The minimum Gasteiger partial charge on any atom is -0.339 e. The van der Waals surface area contributed by atoms with Gasteiger partial charge in [-0.1, -0.05) is 78.9 Å². The molecule has 0 unspecified atom stereocenters. The molecule has 2 aliphatic heterocycles. The summed E-state index contributed by atoms with van der Waals surface area (Å²) in [5.41, 5.74) is 4.23. The third kappa shape index (κ3) is 4.98. The summed E-state index contributed by atoms with van der Waals surface area (Å²) in [5.74, 6) is 0.940. The molecule has 0 aromatic heterocycles. The van der Waals surface area contributed by atoms with Gasteiger partial charge in [0, 0.05) is 25.3 Å². The van der Waals surface area contributed by atoms with Crippen LogP contribution in [0.1, 0.15) is 48.3 Å². The highest BCUT2D eigenvalue weighted by atomic mass is 16.2. The van der Waals surface area contributed by atoms with Gasteiger partial charge >= 0.3 is 0 Å². The predicted octanol–water partition coefficient (Wildman–Crippen LogP) is 5.53. The van der Waals surface area contributed by atoms with Crippen LogP contribution >= 0.6 is 0 Å². The number of nitrogens with zero attached hydrogens (tertiary/aromatic N) is 3. The molecule has 2 amide bonds. The van der Waals surface area contributed by atoms with Crippen LogP contribution in [0, 0.1) is 0 Å². The number of anilines is 1. The van der Waals surface area contributed by atoms with Gasteiger partial charge in [0.05, 0.1) is 6.67 Å². The van der Waals surface area contributed by atoms with Crippen molar-refractivity contribution in [1.29, 1.82) is 0 Å². The number of allylic oxidation sites excluding steroid dienone is 1. The van der Waals surface area contributed by atoms with Gasteiger partial charge in [-0.05, 0) is 72.9 Å². The number of hydrogen-bond donors (Lipinski definition) is 0. The largest absolute Gasteiger partial charge is 0.339 e. The van der Waals surface area contributed by atoms with E-state index in [0.29, 0.717) is 39.1 Å². The summed E-state index contributed by atoms with van der Waals surface area (Å²) in [6, 6.07) is 29.2. The fourth-order valence-corrected chi connectivity index (χ4v) is 5.97. The van der Waals surface area contributed by atoms with E-state index < -0.39 is 5.54 Å². The smallest absolute Gasteiger partial charge is 0.250 e. The van der Waals surface area contributed by atoms with Gasteiger partial charge < -0.3 is 14.7 Å². The molecular weight excluding hydrogens is 470 g/mol. The molecule has 2 saturated heterocycles. The van der Waals surface area contributed by atoms with Gasteiger partial charge in [-0.3, -0.25) is 9.59 Å². The fraction of sp³-hybridized carbons (Fsp3) is 0.333. The number of carbonyl (C=O) groups excluding carboxylic acids is 2. The molecular formula is C33H35N3O2. The lowest BCUT2D eigenvalue weighted by Gasteiger charge is -2.43. The number of benzene rings is 3. The Balaban J connectivity index is 1.15. The lowest BCUT2D eigenvalue weighted by Crippen LogP contribution is -2.57. The Labute approximate surface area is 225 Å². The number of para-hydroxylation sites is 1. The van der Waals surface area contributed by atoms with Gasteiger partial charge in [-0.15, -0.1) is 0 Å². The minimum atomic E-state index is -0.611. The third-order valence-corrected chi connectivity index (χ3v) is 8.34. The number of likely N-dealkylation sites (tertiary alicyclic amines) is 1. The van der Waals surface area contributed by atoms with Crippen molar-refractivity contribution in [3.05, 3.63) is 114 Å². The molecule has 3 aliphatic rings. The molecule has 5 nitrogen and oxygen atoms in total. The summed E-state index contributed by atoms with van der Waals surface area (Å²) in [5, 5.41) is 0. The van der Waals surface area contributed by atoms with Crippen LogP contribution in [0.3, 0.4) is 0 Å². The van der Waals surface area contributed by atoms with Gasteiger partial charge in [0.25, 0.3) is 0 Å². The molecule has 1 saturated carbocycles. The average molecular weight is 506 g/mol. The summed E-state index contributed by atoms with van der Waals surface area (Å²) in [6.45, 7) is 2.33. The van der Waals surface area contributed by atoms with E-state index >= 15 is 0 Å². The van der Waals surface area contributed by atoms with Crippen molar-refractivity contribution in [1.82, 2.24) is 9.80 Å². The molecule has 1 aliphatic carbocycles. The Morgan fingerprint density at radius 3 is 2.16 bits per heavy atom. The summed E-state index contributed by atoms with van der Waals surface area (Å²) >= 11 is 0. The van der Waals surface area contributed by atoms with Crippen LogP contribution in [-0.2, 0) is 22.6 Å². The lowest BCUT2D eigenvalue weighted by atomic mass is 9.85. The first-order valence-electron chi connectivity index (χ1n) is 13.8. The van der Waals surface area contributed by atoms with Crippen molar-refractivity contribution in [2.45, 2.75) is 50.1 Å². The maximum atomic E-state index is 14.0. The van der Waals surface area contributed by atoms with Crippen molar-refractivity contribution >= 4 is 17.5 Å². The fourth-order valence-electron chi connectivity index (χ4n) is 5.97. The molecule has 194 valence electrons. The molecule has 3 aromatic rings. The van der Waals surface area contributed by atoms with E-state index in [4.69, 9.17) is 0 Å². The maximum Gasteiger partial charge on any atom is 0.250 e. The molecule has 0 atom stereocenters. The molecule has 1 spiro atoms. The second kappa shape index (κ2) is 10.5. The summed E-state index contributed by atoms with van der Waals surface area (Å²) in [6.07, 6.45) is 8.22. The van der Waals surface area contributed by atoms with E-state index in [1.165, 1.54) is 29.5 Å². The zero-order valence-electron chi connectivity index (χ0n) is 21.8. The Morgan fingerprint density at radius 1 is 0.842 bits per heavy atom. The SMILES string of the molecule is O=C(/C=C\Cc1ccccc1)N1CCC2(CC1)C(=O)N(Cc1ccc(C3CC3)cc1)CN2c1ccccc1. The normalized spacial score (nSPS) is 19.1. The van der Waals surface area contributed by atoms with E-state index in [9.17, 15) is 9.59 Å². The van der Waals surface area contributed by atoms with Crippen LogP contribution in [0.4, 0.5) is 5.69 Å². The highest BCUT2D eigenvalue weighted by molar-refractivity contribution is 5.94. The standard InChI is InChI=1S/C33H35N3O2/c37-31(13-7-10-26-8-3-1-4-9-26)34-22-20-33(21-23-34)32(38)35(25-36(33)30-11-5-2-6-12-30)24-27-14-16-28(17-15-27)29-18-19-29/h1-9,11-17,29H,10,18-25H2/b13-7-. The van der Waals surface area contributed by atoms with E-state index in [1.54, 1.807) is 6.08 Å². The van der Waals surface area contributed by atoms with Crippen LogP contribution in [0.5, 0.6) is 0 Å². The first-order chi connectivity index (χ1) is 18.6. The van der Waals surface area contributed by atoms with Crippen LogP contribution in [-0.4, -0.2) is 46.9 Å². The van der Waals surface area contributed by atoms with Crippen molar-refractivity contribution in [2.24, 2.45) is 0 Å². The molecule has 6 rings (SSSR count). The second-order valence-electron chi connectivity index (χ2n) is 10.9. The summed E-state index contributed by atoms with van der Waals surface area (Å²) in [7, 11) is 0. The van der Waals surface area contributed by atoms with Crippen molar-refractivity contribution in [3.8, 4) is 0 Å². The zero-order chi connectivity index (χ0) is 26.0. The van der Waals surface area contributed by atoms with Gasteiger partial charge in [-0.25, -0.2) is 0 Å². The first-order valence-corrected chi connectivity index (χ1v) is 13.8. The Bertz CT molecular complexity index is 1290. The van der Waals surface area contributed by atoms with Gasteiger partial charge in [0.2, 0.25) is 11.8 Å². The predicted molar refractivity (Wildman–Crippen MR) is 151 cm³/mol. The van der Waals surface area contributed by atoms with E-state index in [2.05, 4.69) is 53.4 Å². The van der Waals surface area contributed by atoms with Gasteiger partial charge in [0.1, 0.15) is 5.54 Å². The van der Waals surface area contributed by atoms with Crippen LogP contribution < -0.4 is 4.90 Å². The molecule has 0 N–H and O–H groups in total. The van der Waals surface area contributed by atoms with Gasteiger partial charge in [0.15, 0.2) is 0 Å². The monoisotopic (exact) mass is 505 g/mol.